The van der Waals surface area contributed by atoms with Crippen molar-refractivity contribution in [2.24, 2.45) is 0 Å². The van der Waals surface area contributed by atoms with E-state index in [1.54, 1.807) is 0 Å². The molecule has 0 radical (unpaired) electrons. The first-order valence-electron chi connectivity index (χ1n) is 5.90. The van der Waals surface area contributed by atoms with Gasteiger partial charge in [0.05, 0.1) is 6.61 Å². The second kappa shape index (κ2) is 4.71. The monoisotopic (exact) mass is 217 g/mol. The number of rotatable bonds is 4. The molecule has 2 heteroatoms. The first-order valence-corrected chi connectivity index (χ1v) is 5.90. The molecule has 1 heterocycles. The average Bonchev–Trinajstić information content (AvgIpc) is 2.64. The normalized spacial score (nSPS) is 11.5. The third kappa shape index (κ3) is 1.98. The molecule has 1 aromatic carbocycles. The number of nitrogens with zero attached hydrogens (tertiary/aromatic N) is 1. The van der Waals surface area contributed by atoms with Gasteiger partial charge in [0.2, 0.25) is 0 Å². The van der Waals surface area contributed by atoms with Crippen LogP contribution in [0.1, 0.15) is 32.5 Å². The van der Waals surface area contributed by atoms with Crippen LogP contribution in [0.4, 0.5) is 0 Å². The lowest BCUT2D eigenvalue weighted by molar-refractivity contribution is 0.128. The van der Waals surface area contributed by atoms with E-state index in [0.717, 1.165) is 6.61 Å². The first kappa shape index (κ1) is 11.2. The summed E-state index contributed by atoms with van der Waals surface area (Å²) < 4.78 is 7.87. The molecule has 86 valence electrons. The van der Waals surface area contributed by atoms with Crippen molar-refractivity contribution >= 4 is 10.9 Å². The zero-order chi connectivity index (χ0) is 11.5. The molecular weight excluding hydrogens is 198 g/mol. The Morgan fingerprint density at radius 3 is 2.69 bits per heavy atom. The van der Waals surface area contributed by atoms with Crippen LogP contribution in [0.25, 0.3) is 10.9 Å². The van der Waals surface area contributed by atoms with Gasteiger partial charge in [-0.1, -0.05) is 18.2 Å². The number of ether oxygens (including phenoxy) is 1. The Hall–Kier alpha value is -1.28. The Morgan fingerprint density at radius 1 is 1.25 bits per heavy atom. The minimum atomic E-state index is 0.468. The molecule has 0 saturated heterocycles. The Labute approximate surface area is 96.8 Å². The van der Waals surface area contributed by atoms with Gasteiger partial charge in [-0.3, -0.25) is 0 Å². The Balaban J connectivity index is 2.50. The highest BCUT2D eigenvalue weighted by Gasteiger charge is 2.10. The van der Waals surface area contributed by atoms with Crippen LogP contribution >= 0.6 is 0 Å². The van der Waals surface area contributed by atoms with Crippen molar-refractivity contribution in [1.29, 1.82) is 0 Å². The van der Waals surface area contributed by atoms with Crippen LogP contribution in [0, 0.1) is 0 Å². The molecule has 2 nitrogen and oxygen atoms in total. The van der Waals surface area contributed by atoms with Gasteiger partial charge in [0.25, 0.3) is 0 Å². The quantitative estimate of drug-likeness (QED) is 0.760. The Morgan fingerprint density at radius 2 is 2.00 bits per heavy atom. The van der Waals surface area contributed by atoms with Crippen LogP contribution in [0.3, 0.4) is 0 Å². The molecule has 0 bridgehead atoms. The highest BCUT2D eigenvalue weighted by Crippen LogP contribution is 2.24. The fourth-order valence-electron chi connectivity index (χ4n) is 2.16. The summed E-state index contributed by atoms with van der Waals surface area (Å²) in [6.07, 6.45) is 0. The molecule has 1 aromatic heterocycles. The molecule has 2 aromatic rings. The molecule has 0 spiro atoms. The fraction of sp³-hybridized carbons (Fsp3) is 0.429. The summed E-state index contributed by atoms with van der Waals surface area (Å²) >= 11 is 0. The van der Waals surface area contributed by atoms with Crippen molar-refractivity contribution in [3.05, 3.63) is 36.0 Å². The highest BCUT2D eigenvalue weighted by molar-refractivity contribution is 5.81. The van der Waals surface area contributed by atoms with E-state index in [-0.39, 0.29) is 0 Å². The van der Waals surface area contributed by atoms with E-state index in [1.807, 2.05) is 6.92 Å². The number of para-hydroxylation sites is 1. The van der Waals surface area contributed by atoms with Crippen LogP contribution in [0.2, 0.25) is 0 Å². The molecule has 16 heavy (non-hydrogen) atoms. The molecule has 0 amide bonds. The van der Waals surface area contributed by atoms with Crippen molar-refractivity contribution in [2.75, 3.05) is 6.61 Å². The summed E-state index contributed by atoms with van der Waals surface area (Å²) in [7, 11) is 0. The lowest BCUT2D eigenvalue weighted by atomic mass is 10.2. The highest BCUT2D eigenvalue weighted by atomic mass is 16.5. The lowest BCUT2D eigenvalue weighted by Crippen LogP contribution is -2.06. The third-order valence-electron chi connectivity index (χ3n) is 2.80. The third-order valence-corrected chi connectivity index (χ3v) is 2.80. The van der Waals surface area contributed by atoms with Gasteiger partial charge in [0, 0.05) is 23.9 Å². The fourth-order valence-corrected chi connectivity index (χ4v) is 2.16. The van der Waals surface area contributed by atoms with E-state index in [9.17, 15) is 0 Å². The topological polar surface area (TPSA) is 14.2 Å². The van der Waals surface area contributed by atoms with E-state index in [4.69, 9.17) is 4.74 Å². The Bertz CT molecular complexity index is 471. The largest absolute Gasteiger partial charge is 0.376 e. The van der Waals surface area contributed by atoms with Crippen molar-refractivity contribution in [1.82, 2.24) is 4.57 Å². The van der Waals surface area contributed by atoms with Gasteiger partial charge in [-0.05, 0) is 38.3 Å². The molecule has 0 N–H and O–H groups in total. The maximum atomic E-state index is 5.52. The summed E-state index contributed by atoms with van der Waals surface area (Å²) in [6, 6.07) is 11.2. The Kier molecular flexibility index (Phi) is 3.30. The molecule has 0 aliphatic carbocycles. The number of hydrogen-bond donors (Lipinski definition) is 0. The molecule has 2 rings (SSSR count). The maximum absolute atomic E-state index is 5.52. The SMILES string of the molecule is CCOCc1cc2ccccc2n1C(C)C. The summed E-state index contributed by atoms with van der Waals surface area (Å²) in [5.41, 5.74) is 2.56. The minimum Gasteiger partial charge on any atom is -0.376 e. The van der Waals surface area contributed by atoms with Gasteiger partial charge in [-0.2, -0.15) is 0 Å². The summed E-state index contributed by atoms with van der Waals surface area (Å²) in [5.74, 6) is 0. The number of benzene rings is 1. The van der Waals surface area contributed by atoms with Crippen LogP contribution in [0.5, 0.6) is 0 Å². The van der Waals surface area contributed by atoms with Crippen molar-refractivity contribution < 1.29 is 4.74 Å². The molecular formula is C14H19NO. The van der Waals surface area contributed by atoms with Gasteiger partial charge >= 0.3 is 0 Å². The molecule has 0 atom stereocenters. The first-order chi connectivity index (χ1) is 7.74. The second-order valence-electron chi connectivity index (χ2n) is 4.30. The van der Waals surface area contributed by atoms with Crippen LogP contribution in [-0.4, -0.2) is 11.2 Å². The number of aromatic nitrogens is 1. The van der Waals surface area contributed by atoms with E-state index < -0.39 is 0 Å². The second-order valence-corrected chi connectivity index (χ2v) is 4.30. The van der Waals surface area contributed by atoms with E-state index in [1.165, 1.54) is 16.6 Å². The van der Waals surface area contributed by atoms with E-state index >= 15 is 0 Å². The van der Waals surface area contributed by atoms with Gasteiger partial charge in [-0.15, -0.1) is 0 Å². The smallest absolute Gasteiger partial charge is 0.0868 e. The van der Waals surface area contributed by atoms with Crippen LogP contribution in [-0.2, 0) is 11.3 Å². The van der Waals surface area contributed by atoms with Gasteiger partial charge in [-0.25, -0.2) is 0 Å². The molecule has 0 saturated carbocycles. The van der Waals surface area contributed by atoms with E-state index in [2.05, 4.69) is 48.7 Å². The van der Waals surface area contributed by atoms with Gasteiger partial charge in [0.15, 0.2) is 0 Å². The number of hydrogen-bond acceptors (Lipinski definition) is 1. The minimum absolute atomic E-state index is 0.468. The zero-order valence-corrected chi connectivity index (χ0v) is 10.2. The van der Waals surface area contributed by atoms with Crippen molar-refractivity contribution in [2.45, 2.75) is 33.4 Å². The maximum Gasteiger partial charge on any atom is 0.0868 e. The van der Waals surface area contributed by atoms with Crippen LogP contribution in [0.15, 0.2) is 30.3 Å². The van der Waals surface area contributed by atoms with Gasteiger partial charge in [0.1, 0.15) is 0 Å². The lowest BCUT2D eigenvalue weighted by Gasteiger charge is -2.14. The van der Waals surface area contributed by atoms with Gasteiger partial charge < -0.3 is 9.30 Å². The van der Waals surface area contributed by atoms with Crippen molar-refractivity contribution in [3.8, 4) is 0 Å². The predicted octanol–water partition coefficient (Wildman–Crippen LogP) is 3.76. The summed E-state index contributed by atoms with van der Waals surface area (Å²) in [4.78, 5) is 0. The molecule has 0 unspecified atom stereocenters. The molecule has 0 aliphatic heterocycles. The van der Waals surface area contributed by atoms with Crippen molar-refractivity contribution in [3.63, 3.8) is 0 Å². The predicted molar refractivity (Wildman–Crippen MR) is 67.7 cm³/mol. The van der Waals surface area contributed by atoms with Crippen LogP contribution < -0.4 is 0 Å². The number of fused-ring (bicyclic) bond motifs is 1. The summed E-state index contributed by atoms with van der Waals surface area (Å²) in [5, 5.41) is 1.30. The van der Waals surface area contributed by atoms with E-state index in [0.29, 0.717) is 12.6 Å². The standard InChI is InChI=1S/C14H19NO/c1-4-16-10-13-9-12-7-5-6-8-14(12)15(13)11(2)3/h5-9,11H,4,10H2,1-3H3. The average molecular weight is 217 g/mol. The summed E-state index contributed by atoms with van der Waals surface area (Å²) in [6.45, 7) is 7.91. The molecule has 0 aliphatic rings. The molecule has 0 fully saturated rings. The zero-order valence-electron chi connectivity index (χ0n) is 10.2.